The third-order valence-electron chi connectivity index (χ3n) is 4.92. The number of ether oxygens (including phenoxy) is 1. The monoisotopic (exact) mass is 349 g/mol. The highest BCUT2D eigenvalue weighted by Crippen LogP contribution is 2.20. The fraction of sp³-hybridized carbons (Fsp3) is 0.632. The van der Waals surface area contributed by atoms with E-state index in [0.29, 0.717) is 18.3 Å². The first-order valence-electron chi connectivity index (χ1n) is 9.17. The summed E-state index contributed by atoms with van der Waals surface area (Å²) in [6.45, 7) is 8.40. The SMILES string of the molecule is C[C@@H]1CN(C[C@@H]2CCCN2CC(=O)Nc2cccc(F)c2)C[C@@H](C)O1. The zero-order valence-corrected chi connectivity index (χ0v) is 15.1. The summed E-state index contributed by atoms with van der Waals surface area (Å²) >= 11 is 0. The zero-order chi connectivity index (χ0) is 17.8. The Morgan fingerprint density at radius 2 is 2.08 bits per heavy atom. The molecule has 2 heterocycles. The normalized spacial score (nSPS) is 28.2. The highest BCUT2D eigenvalue weighted by molar-refractivity contribution is 5.92. The Morgan fingerprint density at radius 1 is 1.32 bits per heavy atom. The molecule has 0 bridgehead atoms. The number of hydrogen-bond acceptors (Lipinski definition) is 4. The molecule has 0 saturated carbocycles. The van der Waals surface area contributed by atoms with E-state index in [0.717, 1.165) is 39.0 Å². The Hall–Kier alpha value is -1.50. The average molecular weight is 349 g/mol. The van der Waals surface area contributed by atoms with E-state index in [1.165, 1.54) is 12.1 Å². The van der Waals surface area contributed by atoms with Gasteiger partial charge in [0.1, 0.15) is 5.82 Å². The highest BCUT2D eigenvalue weighted by Gasteiger charge is 2.30. The van der Waals surface area contributed by atoms with Crippen LogP contribution >= 0.6 is 0 Å². The van der Waals surface area contributed by atoms with Crippen molar-refractivity contribution in [2.45, 2.75) is 44.9 Å². The van der Waals surface area contributed by atoms with Crippen molar-refractivity contribution in [1.82, 2.24) is 9.80 Å². The molecule has 138 valence electrons. The fourth-order valence-corrected chi connectivity index (χ4v) is 3.99. The standard InChI is InChI=1S/C19H28FN3O2/c1-14-10-22(11-15(2)25-14)12-18-7-4-8-23(18)13-19(24)21-17-6-3-5-16(20)9-17/h3,5-6,9,14-15,18H,4,7-8,10-13H2,1-2H3,(H,21,24)/t14-,15-,18+/m1/s1. The van der Waals surface area contributed by atoms with Crippen molar-refractivity contribution in [3.63, 3.8) is 0 Å². The maximum Gasteiger partial charge on any atom is 0.238 e. The smallest absolute Gasteiger partial charge is 0.238 e. The second-order valence-corrected chi connectivity index (χ2v) is 7.30. The molecule has 1 amide bonds. The van der Waals surface area contributed by atoms with Gasteiger partial charge >= 0.3 is 0 Å². The molecule has 0 aliphatic carbocycles. The lowest BCUT2D eigenvalue weighted by Gasteiger charge is -2.38. The van der Waals surface area contributed by atoms with E-state index in [2.05, 4.69) is 29.0 Å². The van der Waals surface area contributed by atoms with Crippen molar-refractivity contribution >= 4 is 11.6 Å². The van der Waals surface area contributed by atoms with Gasteiger partial charge < -0.3 is 10.1 Å². The van der Waals surface area contributed by atoms with Gasteiger partial charge in [-0.2, -0.15) is 0 Å². The van der Waals surface area contributed by atoms with Crippen LogP contribution in [0.1, 0.15) is 26.7 Å². The van der Waals surface area contributed by atoms with Gasteiger partial charge in [0.2, 0.25) is 5.91 Å². The number of halogens is 1. The third-order valence-corrected chi connectivity index (χ3v) is 4.92. The number of nitrogens with zero attached hydrogens (tertiary/aromatic N) is 2. The van der Waals surface area contributed by atoms with Gasteiger partial charge in [0, 0.05) is 31.4 Å². The van der Waals surface area contributed by atoms with Crippen LogP contribution < -0.4 is 5.32 Å². The van der Waals surface area contributed by atoms with Crippen molar-refractivity contribution in [2.75, 3.05) is 38.0 Å². The number of amides is 1. The van der Waals surface area contributed by atoms with Crippen molar-refractivity contribution in [1.29, 1.82) is 0 Å². The summed E-state index contributed by atoms with van der Waals surface area (Å²) in [7, 11) is 0. The molecule has 2 aliphatic rings. The van der Waals surface area contributed by atoms with Crippen LogP contribution in [0.5, 0.6) is 0 Å². The Labute approximate surface area is 149 Å². The summed E-state index contributed by atoms with van der Waals surface area (Å²) in [5.41, 5.74) is 0.511. The maximum atomic E-state index is 13.2. The summed E-state index contributed by atoms with van der Waals surface area (Å²) in [6, 6.07) is 6.42. The van der Waals surface area contributed by atoms with Crippen LogP contribution in [0.2, 0.25) is 0 Å². The molecule has 2 saturated heterocycles. The second-order valence-electron chi connectivity index (χ2n) is 7.30. The third kappa shape index (κ3) is 5.23. The first-order valence-corrected chi connectivity index (χ1v) is 9.17. The van der Waals surface area contributed by atoms with Crippen LogP contribution in [0.15, 0.2) is 24.3 Å². The molecule has 1 aromatic rings. The van der Waals surface area contributed by atoms with E-state index in [4.69, 9.17) is 4.74 Å². The van der Waals surface area contributed by atoms with Gasteiger partial charge in [0.15, 0.2) is 0 Å². The molecule has 0 spiro atoms. The van der Waals surface area contributed by atoms with Gasteiger partial charge in [0.05, 0.1) is 18.8 Å². The minimum absolute atomic E-state index is 0.0822. The van der Waals surface area contributed by atoms with Gasteiger partial charge in [-0.05, 0) is 51.4 Å². The number of nitrogens with one attached hydrogen (secondary N) is 1. The minimum Gasteiger partial charge on any atom is -0.373 e. The summed E-state index contributed by atoms with van der Waals surface area (Å²) in [5, 5.41) is 2.79. The summed E-state index contributed by atoms with van der Waals surface area (Å²) in [4.78, 5) is 17.0. The molecule has 6 heteroatoms. The number of carbonyl (C=O) groups excluding carboxylic acids is 1. The fourth-order valence-electron chi connectivity index (χ4n) is 3.99. The number of benzene rings is 1. The molecule has 0 unspecified atom stereocenters. The molecule has 25 heavy (non-hydrogen) atoms. The molecule has 0 radical (unpaired) electrons. The van der Waals surface area contributed by atoms with Crippen LogP contribution in [0.4, 0.5) is 10.1 Å². The van der Waals surface area contributed by atoms with Crippen LogP contribution in [0.3, 0.4) is 0 Å². The molecule has 2 fully saturated rings. The van der Waals surface area contributed by atoms with E-state index in [1.54, 1.807) is 12.1 Å². The molecule has 5 nitrogen and oxygen atoms in total. The number of hydrogen-bond donors (Lipinski definition) is 1. The van der Waals surface area contributed by atoms with Gasteiger partial charge in [-0.15, -0.1) is 0 Å². The Kier molecular flexibility index (Phi) is 6.04. The van der Waals surface area contributed by atoms with Crippen molar-refractivity contribution in [3.05, 3.63) is 30.1 Å². The van der Waals surface area contributed by atoms with Crippen LogP contribution in [0.25, 0.3) is 0 Å². The highest BCUT2D eigenvalue weighted by atomic mass is 19.1. The van der Waals surface area contributed by atoms with E-state index >= 15 is 0 Å². The maximum absolute atomic E-state index is 13.2. The number of rotatable bonds is 5. The second kappa shape index (κ2) is 8.25. The lowest BCUT2D eigenvalue weighted by atomic mass is 10.1. The first-order chi connectivity index (χ1) is 12.0. The number of likely N-dealkylation sites (tertiary alicyclic amines) is 1. The Balaban J connectivity index is 1.52. The van der Waals surface area contributed by atoms with Crippen molar-refractivity contribution in [3.8, 4) is 0 Å². The summed E-state index contributed by atoms with van der Waals surface area (Å²) in [6.07, 6.45) is 2.76. The average Bonchev–Trinajstić information content (AvgIpc) is 2.93. The van der Waals surface area contributed by atoms with E-state index in [1.807, 2.05) is 0 Å². The zero-order valence-electron chi connectivity index (χ0n) is 15.1. The van der Waals surface area contributed by atoms with Gasteiger partial charge in [-0.25, -0.2) is 4.39 Å². The molecular weight excluding hydrogens is 321 g/mol. The Bertz CT molecular complexity index is 588. The largest absolute Gasteiger partial charge is 0.373 e. The molecule has 1 aromatic carbocycles. The van der Waals surface area contributed by atoms with Crippen molar-refractivity contribution < 1.29 is 13.9 Å². The first kappa shape index (κ1) is 18.3. The van der Waals surface area contributed by atoms with E-state index in [-0.39, 0.29) is 23.9 Å². The van der Waals surface area contributed by atoms with E-state index in [9.17, 15) is 9.18 Å². The molecular formula is C19H28FN3O2. The van der Waals surface area contributed by atoms with E-state index < -0.39 is 0 Å². The topological polar surface area (TPSA) is 44.8 Å². The number of carbonyl (C=O) groups is 1. The lowest BCUT2D eigenvalue weighted by Crippen LogP contribution is -2.50. The van der Waals surface area contributed by atoms with Crippen LogP contribution in [-0.4, -0.2) is 66.7 Å². The molecule has 0 aromatic heterocycles. The molecule has 1 N–H and O–H groups in total. The predicted molar refractivity (Wildman–Crippen MR) is 96.1 cm³/mol. The summed E-state index contributed by atoms with van der Waals surface area (Å²) < 4.78 is 19.0. The number of morpholine rings is 1. The van der Waals surface area contributed by atoms with Gasteiger partial charge in [-0.1, -0.05) is 6.07 Å². The lowest BCUT2D eigenvalue weighted by molar-refractivity contribution is -0.117. The summed E-state index contributed by atoms with van der Waals surface area (Å²) in [5.74, 6) is -0.423. The molecule has 2 aliphatic heterocycles. The van der Waals surface area contributed by atoms with Gasteiger partial charge in [-0.3, -0.25) is 14.6 Å². The predicted octanol–water partition coefficient (Wildman–Crippen LogP) is 2.34. The van der Waals surface area contributed by atoms with Gasteiger partial charge in [0.25, 0.3) is 0 Å². The van der Waals surface area contributed by atoms with Crippen molar-refractivity contribution in [2.24, 2.45) is 0 Å². The van der Waals surface area contributed by atoms with Crippen LogP contribution in [-0.2, 0) is 9.53 Å². The van der Waals surface area contributed by atoms with Crippen LogP contribution in [0, 0.1) is 5.82 Å². The molecule has 3 rings (SSSR count). The number of anilines is 1. The quantitative estimate of drug-likeness (QED) is 0.886. The molecule has 3 atom stereocenters. The Morgan fingerprint density at radius 3 is 2.80 bits per heavy atom. The minimum atomic E-state index is -0.340.